The molecule has 1 aromatic carbocycles. The molecule has 0 aliphatic rings. The zero-order valence-electron chi connectivity index (χ0n) is 17.7. The zero-order valence-corrected chi connectivity index (χ0v) is 17.7. The Hall–Kier alpha value is -4.27. The Kier molecular flexibility index (Phi) is 5.55. The molecule has 4 aromatic rings. The minimum atomic E-state index is -0.584. The Balaban J connectivity index is 1.51. The molecular weight excluding hydrogens is 412 g/mol. The monoisotopic (exact) mass is 432 g/mol. The van der Waals surface area contributed by atoms with E-state index in [9.17, 15) is 14.4 Å². The number of carbonyl (C=O) groups is 2. The predicted octanol–water partition coefficient (Wildman–Crippen LogP) is 3.31. The number of rotatable bonds is 5. The van der Waals surface area contributed by atoms with Crippen LogP contribution >= 0.6 is 0 Å². The standard InChI is InChI=1S/C23H20N4O5/c1-13-8-14(2)27(26-13)21-7-4-16(11-24-21)23(30)31-12-17-9-22(29)32-20-10-18(25-15(3)28)5-6-19(17)20/h4-11H,12H2,1-3H3,(H,25,28). The maximum Gasteiger partial charge on any atom is 0.340 e. The number of hydrogen-bond donors (Lipinski definition) is 1. The van der Waals surface area contributed by atoms with Gasteiger partial charge < -0.3 is 14.5 Å². The number of anilines is 1. The summed E-state index contributed by atoms with van der Waals surface area (Å²) in [5.74, 6) is -0.225. The number of nitrogens with zero attached hydrogens (tertiary/aromatic N) is 3. The molecule has 1 amide bonds. The Morgan fingerprint density at radius 2 is 1.94 bits per heavy atom. The highest BCUT2D eigenvalue weighted by molar-refractivity contribution is 5.92. The highest BCUT2D eigenvalue weighted by Gasteiger charge is 2.13. The second-order valence-electron chi connectivity index (χ2n) is 7.30. The summed E-state index contributed by atoms with van der Waals surface area (Å²) in [6, 6.07) is 11.4. The van der Waals surface area contributed by atoms with Crippen LogP contribution < -0.4 is 10.9 Å². The van der Waals surface area contributed by atoms with Gasteiger partial charge >= 0.3 is 11.6 Å². The number of amides is 1. The van der Waals surface area contributed by atoms with E-state index in [0.29, 0.717) is 22.5 Å². The molecule has 9 nitrogen and oxygen atoms in total. The van der Waals surface area contributed by atoms with Crippen LogP contribution in [0.4, 0.5) is 5.69 Å². The van der Waals surface area contributed by atoms with Crippen LogP contribution in [0.1, 0.15) is 34.2 Å². The normalized spacial score (nSPS) is 10.8. The average Bonchev–Trinajstić information content (AvgIpc) is 3.09. The van der Waals surface area contributed by atoms with Crippen molar-refractivity contribution in [3.05, 3.63) is 81.6 Å². The van der Waals surface area contributed by atoms with E-state index in [1.54, 1.807) is 35.0 Å². The first-order valence-corrected chi connectivity index (χ1v) is 9.81. The van der Waals surface area contributed by atoms with E-state index in [4.69, 9.17) is 9.15 Å². The van der Waals surface area contributed by atoms with Gasteiger partial charge in [0.25, 0.3) is 0 Å². The number of nitrogens with one attached hydrogen (secondary N) is 1. The molecule has 0 unspecified atom stereocenters. The minimum Gasteiger partial charge on any atom is -0.457 e. The summed E-state index contributed by atoms with van der Waals surface area (Å²) in [4.78, 5) is 40.0. The van der Waals surface area contributed by atoms with E-state index in [1.807, 2.05) is 19.9 Å². The smallest absolute Gasteiger partial charge is 0.340 e. The van der Waals surface area contributed by atoms with Crippen LogP contribution in [0, 0.1) is 13.8 Å². The van der Waals surface area contributed by atoms with Crippen LogP contribution in [0.2, 0.25) is 0 Å². The van der Waals surface area contributed by atoms with Gasteiger partial charge in [-0.1, -0.05) is 0 Å². The topological polar surface area (TPSA) is 116 Å². The second kappa shape index (κ2) is 8.46. The summed E-state index contributed by atoms with van der Waals surface area (Å²) in [5.41, 5.74) is 2.77. The molecule has 0 aliphatic carbocycles. The second-order valence-corrected chi connectivity index (χ2v) is 7.30. The van der Waals surface area contributed by atoms with Crippen molar-refractivity contribution in [2.75, 3.05) is 5.32 Å². The van der Waals surface area contributed by atoms with Crippen molar-refractivity contribution in [2.45, 2.75) is 27.4 Å². The molecule has 0 spiro atoms. The molecule has 0 aliphatic heterocycles. The molecule has 3 heterocycles. The van der Waals surface area contributed by atoms with Crippen LogP contribution in [-0.4, -0.2) is 26.6 Å². The maximum atomic E-state index is 12.5. The van der Waals surface area contributed by atoms with Gasteiger partial charge in [-0.05, 0) is 44.2 Å². The largest absolute Gasteiger partial charge is 0.457 e. The highest BCUT2D eigenvalue weighted by Crippen LogP contribution is 2.22. The van der Waals surface area contributed by atoms with Crippen molar-refractivity contribution in [2.24, 2.45) is 0 Å². The SMILES string of the molecule is CC(=O)Nc1ccc2c(COC(=O)c3ccc(-n4nc(C)cc4C)nc3)cc(=O)oc2c1. The number of pyridine rings is 1. The number of hydrogen-bond acceptors (Lipinski definition) is 7. The first-order valence-electron chi connectivity index (χ1n) is 9.81. The van der Waals surface area contributed by atoms with Crippen LogP contribution in [0.5, 0.6) is 0 Å². The first kappa shape index (κ1) is 21.0. The van der Waals surface area contributed by atoms with Gasteiger partial charge in [0.05, 0.1) is 11.3 Å². The Bertz CT molecular complexity index is 1390. The third-order valence-corrected chi connectivity index (χ3v) is 4.72. The molecule has 0 saturated carbocycles. The number of carbonyl (C=O) groups excluding carboxylic acids is 2. The van der Waals surface area contributed by atoms with Gasteiger partial charge in [0.15, 0.2) is 5.82 Å². The minimum absolute atomic E-state index is 0.125. The third kappa shape index (κ3) is 4.41. The number of aromatic nitrogens is 3. The lowest BCUT2D eigenvalue weighted by atomic mass is 10.1. The van der Waals surface area contributed by atoms with Gasteiger partial charge in [-0.15, -0.1) is 0 Å². The van der Waals surface area contributed by atoms with E-state index in [0.717, 1.165) is 11.4 Å². The number of esters is 1. The molecule has 9 heteroatoms. The van der Waals surface area contributed by atoms with Crippen molar-refractivity contribution in [1.29, 1.82) is 0 Å². The fraction of sp³-hybridized carbons (Fsp3) is 0.174. The van der Waals surface area contributed by atoms with Crippen LogP contribution in [0.25, 0.3) is 16.8 Å². The van der Waals surface area contributed by atoms with E-state index in [2.05, 4.69) is 15.4 Å². The molecule has 1 N–H and O–H groups in total. The number of ether oxygens (including phenoxy) is 1. The van der Waals surface area contributed by atoms with E-state index >= 15 is 0 Å². The summed E-state index contributed by atoms with van der Waals surface area (Å²) in [6.45, 7) is 5.07. The fourth-order valence-electron chi connectivity index (χ4n) is 3.35. The third-order valence-electron chi connectivity index (χ3n) is 4.72. The van der Waals surface area contributed by atoms with E-state index in [-0.39, 0.29) is 23.7 Å². The summed E-state index contributed by atoms with van der Waals surface area (Å²) in [6.07, 6.45) is 1.42. The van der Waals surface area contributed by atoms with Crippen molar-refractivity contribution >= 4 is 28.5 Å². The number of benzene rings is 1. The Labute approximate surface area is 182 Å². The molecule has 0 bridgehead atoms. The summed E-state index contributed by atoms with van der Waals surface area (Å²) < 4.78 is 12.3. The van der Waals surface area contributed by atoms with Crippen LogP contribution in [0.15, 0.2) is 57.9 Å². The summed E-state index contributed by atoms with van der Waals surface area (Å²) in [5, 5.41) is 7.60. The molecule has 0 saturated heterocycles. The first-order chi connectivity index (χ1) is 15.3. The van der Waals surface area contributed by atoms with Crippen LogP contribution in [-0.2, 0) is 16.1 Å². The van der Waals surface area contributed by atoms with E-state index < -0.39 is 11.6 Å². The fourth-order valence-corrected chi connectivity index (χ4v) is 3.35. The van der Waals surface area contributed by atoms with Gasteiger partial charge in [0.2, 0.25) is 5.91 Å². The summed E-state index contributed by atoms with van der Waals surface area (Å²) in [7, 11) is 0. The van der Waals surface area contributed by atoms with Gasteiger partial charge in [-0.2, -0.15) is 5.10 Å². The lowest BCUT2D eigenvalue weighted by Gasteiger charge is -2.09. The quantitative estimate of drug-likeness (QED) is 0.380. The van der Waals surface area contributed by atoms with Crippen molar-refractivity contribution in [3.8, 4) is 5.82 Å². The molecule has 32 heavy (non-hydrogen) atoms. The molecule has 4 rings (SSSR count). The van der Waals surface area contributed by atoms with Gasteiger partial charge in [-0.25, -0.2) is 19.3 Å². The Morgan fingerprint density at radius 3 is 2.59 bits per heavy atom. The predicted molar refractivity (Wildman–Crippen MR) is 117 cm³/mol. The van der Waals surface area contributed by atoms with Crippen molar-refractivity contribution < 1.29 is 18.7 Å². The van der Waals surface area contributed by atoms with Crippen LogP contribution in [0.3, 0.4) is 0 Å². The molecule has 3 aromatic heterocycles. The lowest BCUT2D eigenvalue weighted by molar-refractivity contribution is -0.114. The number of fused-ring (bicyclic) bond motifs is 1. The zero-order chi connectivity index (χ0) is 22.8. The highest BCUT2D eigenvalue weighted by atomic mass is 16.5. The van der Waals surface area contributed by atoms with Crippen molar-refractivity contribution in [1.82, 2.24) is 14.8 Å². The average molecular weight is 432 g/mol. The Morgan fingerprint density at radius 1 is 1.12 bits per heavy atom. The maximum absolute atomic E-state index is 12.5. The molecule has 0 fully saturated rings. The van der Waals surface area contributed by atoms with Gasteiger partial charge in [0.1, 0.15) is 12.2 Å². The van der Waals surface area contributed by atoms with Crippen molar-refractivity contribution in [3.63, 3.8) is 0 Å². The van der Waals surface area contributed by atoms with Gasteiger partial charge in [0, 0.05) is 47.6 Å². The molecular formula is C23H20N4O5. The lowest BCUT2D eigenvalue weighted by Crippen LogP contribution is -2.10. The molecule has 0 radical (unpaired) electrons. The number of aryl methyl sites for hydroxylation is 2. The molecule has 0 atom stereocenters. The summed E-state index contributed by atoms with van der Waals surface area (Å²) >= 11 is 0. The van der Waals surface area contributed by atoms with Gasteiger partial charge in [-0.3, -0.25) is 4.79 Å². The van der Waals surface area contributed by atoms with E-state index in [1.165, 1.54) is 19.2 Å². The molecule has 162 valence electrons.